The topological polar surface area (TPSA) is 75.6 Å². The van der Waals surface area contributed by atoms with E-state index in [1.54, 1.807) is 40.6 Å². The van der Waals surface area contributed by atoms with E-state index in [1.807, 2.05) is 0 Å². The van der Waals surface area contributed by atoms with Crippen LogP contribution in [0, 0.1) is 5.92 Å². The zero-order valence-corrected chi connectivity index (χ0v) is 10.3. The summed E-state index contributed by atoms with van der Waals surface area (Å²) in [6.45, 7) is 8.79. The second kappa shape index (κ2) is 5.80. The monoisotopic (exact) mass is 229 g/mol. The van der Waals surface area contributed by atoms with Crippen LogP contribution in [-0.2, 0) is 14.4 Å². The van der Waals surface area contributed by atoms with Crippen molar-refractivity contribution in [3.05, 3.63) is 5.57 Å². The standard InChI is InChI=1S/C11H19NO4/c1-7(2)8(6-13)9(10(14)15)12-16-11(3,4)5/h7,9,12H,1-5H3,(H,14,15)/t9-/m1/s1. The number of carboxylic acid groups (broad SMARTS) is 1. The van der Waals surface area contributed by atoms with Crippen LogP contribution in [0.1, 0.15) is 34.6 Å². The Morgan fingerprint density at radius 3 is 2.12 bits per heavy atom. The Hall–Kier alpha value is -1.16. The highest BCUT2D eigenvalue weighted by molar-refractivity contribution is 5.81. The number of hydrogen-bond acceptors (Lipinski definition) is 4. The van der Waals surface area contributed by atoms with Gasteiger partial charge in [0, 0.05) is 5.57 Å². The van der Waals surface area contributed by atoms with Crippen LogP contribution in [0.2, 0.25) is 0 Å². The molecular weight excluding hydrogens is 210 g/mol. The van der Waals surface area contributed by atoms with Crippen molar-refractivity contribution in [3.8, 4) is 0 Å². The molecule has 0 aliphatic carbocycles. The highest BCUT2D eigenvalue weighted by Crippen LogP contribution is 2.13. The van der Waals surface area contributed by atoms with Gasteiger partial charge in [-0.25, -0.2) is 4.79 Å². The van der Waals surface area contributed by atoms with Crippen LogP contribution in [0.5, 0.6) is 0 Å². The third-order valence-corrected chi connectivity index (χ3v) is 1.78. The minimum atomic E-state index is -1.16. The molecule has 0 heterocycles. The van der Waals surface area contributed by atoms with E-state index in [-0.39, 0.29) is 11.5 Å². The molecule has 0 aromatic rings. The van der Waals surface area contributed by atoms with Crippen molar-refractivity contribution >= 4 is 11.9 Å². The van der Waals surface area contributed by atoms with E-state index in [4.69, 9.17) is 9.94 Å². The minimum Gasteiger partial charge on any atom is -0.480 e. The summed E-state index contributed by atoms with van der Waals surface area (Å²) < 4.78 is 0. The Kier molecular flexibility index (Phi) is 5.38. The summed E-state index contributed by atoms with van der Waals surface area (Å²) in [4.78, 5) is 26.8. The van der Waals surface area contributed by atoms with Crippen LogP contribution in [0.25, 0.3) is 0 Å². The fourth-order valence-electron chi connectivity index (χ4n) is 0.993. The van der Waals surface area contributed by atoms with Crippen molar-refractivity contribution < 1.29 is 19.5 Å². The maximum absolute atomic E-state index is 11.0. The van der Waals surface area contributed by atoms with E-state index in [0.29, 0.717) is 0 Å². The lowest BCUT2D eigenvalue weighted by Gasteiger charge is -2.24. The molecule has 0 aromatic heterocycles. The van der Waals surface area contributed by atoms with Crippen LogP contribution >= 0.6 is 0 Å². The summed E-state index contributed by atoms with van der Waals surface area (Å²) >= 11 is 0. The van der Waals surface area contributed by atoms with Gasteiger partial charge in [0.25, 0.3) is 0 Å². The molecule has 92 valence electrons. The Morgan fingerprint density at radius 1 is 1.38 bits per heavy atom. The summed E-state index contributed by atoms with van der Waals surface area (Å²) in [5, 5.41) is 8.98. The zero-order valence-electron chi connectivity index (χ0n) is 10.3. The maximum Gasteiger partial charge on any atom is 0.328 e. The number of carboxylic acids is 1. The van der Waals surface area contributed by atoms with E-state index in [1.165, 1.54) is 0 Å². The van der Waals surface area contributed by atoms with Crippen molar-refractivity contribution in [2.75, 3.05) is 0 Å². The summed E-state index contributed by atoms with van der Waals surface area (Å²) in [6.07, 6.45) is 0. The number of rotatable bonds is 5. The van der Waals surface area contributed by atoms with Gasteiger partial charge in [-0.05, 0) is 26.7 Å². The molecular formula is C11H19NO4. The molecule has 1 atom stereocenters. The largest absolute Gasteiger partial charge is 0.480 e. The van der Waals surface area contributed by atoms with Gasteiger partial charge in [0.05, 0.1) is 5.60 Å². The summed E-state index contributed by atoms with van der Waals surface area (Å²) in [7, 11) is 0. The SMILES string of the molecule is CC(C)C(=C=O)[C@@H](NOC(C)(C)C)C(=O)O. The zero-order chi connectivity index (χ0) is 12.9. The van der Waals surface area contributed by atoms with Gasteiger partial charge in [0.15, 0.2) is 6.04 Å². The lowest BCUT2D eigenvalue weighted by atomic mass is 9.98. The predicted molar refractivity (Wildman–Crippen MR) is 59.4 cm³/mol. The maximum atomic E-state index is 11.0. The molecule has 0 amide bonds. The second-order valence-electron chi connectivity index (χ2n) is 4.82. The van der Waals surface area contributed by atoms with Gasteiger partial charge in [-0.1, -0.05) is 13.8 Å². The molecule has 2 N–H and O–H groups in total. The summed E-state index contributed by atoms with van der Waals surface area (Å²) in [6, 6.07) is -1.16. The summed E-state index contributed by atoms with van der Waals surface area (Å²) in [5.74, 6) is 0.307. The number of carbonyl (C=O) groups excluding carboxylic acids is 1. The Labute approximate surface area is 95.4 Å². The van der Waals surface area contributed by atoms with E-state index in [9.17, 15) is 9.59 Å². The molecule has 0 rings (SSSR count). The van der Waals surface area contributed by atoms with Crippen LogP contribution in [-0.4, -0.2) is 28.7 Å². The molecule has 0 spiro atoms. The minimum absolute atomic E-state index is 0.136. The van der Waals surface area contributed by atoms with Gasteiger partial charge < -0.3 is 5.11 Å². The molecule has 0 aliphatic heterocycles. The second-order valence-corrected chi connectivity index (χ2v) is 4.82. The van der Waals surface area contributed by atoms with E-state index in [0.717, 1.165) is 0 Å². The highest BCUT2D eigenvalue weighted by atomic mass is 16.7. The lowest BCUT2D eigenvalue weighted by Crippen LogP contribution is -2.43. The van der Waals surface area contributed by atoms with Gasteiger partial charge >= 0.3 is 5.97 Å². The Balaban J connectivity index is 4.76. The fourth-order valence-corrected chi connectivity index (χ4v) is 0.993. The van der Waals surface area contributed by atoms with Crippen molar-refractivity contribution in [2.24, 2.45) is 5.92 Å². The average molecular weight is 229 g/mol. The van der Waals surface area contributed by atoms with Crippen LogP contribution < -0.4 is 5.48 Å². The first-order valence-electron chi connectivity index (χ1n) is 5.10. The van der Waals surface area contributed by atoms with Crippen LogP contribution in [0.15, 0.2) is 5.57 Å². The molecule has 0 aromatic carbocycles. The van der Waals surface area contributed by atoms with Gasteiger partial charge in [-0.3, -0.25) is 9.63 Å². The molecule has 0 bridgehead atoms. The average Bonchev–Trinajstić information content (AvgIpc) is 2.08. The first-order valence-corrected chi connectivity index (χ1v) is 5.10. The quantitative estimate of drug-likeness (QED) is 0.546. The smallest absolute Gasteiger partial charge is 0.328 e. The van der Waals surface area contributed by atoms with Crippen molar-refractivity contribution in [3.63, 3.8) is 0 Å². The van der Waals surface area contributed by atoms with Crippen LogP contribution in [0.4, 0.5) is 0 Å². The molecule has 0 saturated heterocycles. The van der Waals surface area contributed by atoms with Gasteiger partial charge in [0.1, 0.15) is 5.94 Å². The predicted octanol–water partition coefficient (Wildman–Crippen LogP) is 1.17. The van der Waals surface area contributed by atoms with Gasteiger partial charge in [0.2, 0.25) is 0 Å². The Bertz CT molecular complexity index is 298. The number of carbonyl (C=O) groups is 1. The number of hydroxylamine groups is 1. The normalized spacial score (nSPS) is 13.4. The van der Waals surface area contributed by atoms with Gasteiger partial charge in [-0.2, -0.15) is 5.48 Å². The highest BCUT2D eigenvalue weighted by Gasteiger charge is 2.27. The van der Waals surface area contributed by atoms with E-state index < -0.39 is 17.6 Å². The summed E-state index contributed by atoms with van der Waals surface area (Å²) in [5.41, 5.74) is 2.00. The van der Waals surface area contributed by atoms with Gasteiger partial charge in [-0.15, -0.1) is 0 Å². The molecule has 5 nitrogen and oxygen atoms in total. The third-order valence-electron chi connectivity index (χ3n) is 1.78. The first kappa shape index (κ1) is 14.8. The van der Waals surface area contributed by atoms with Crippen molar-refractivity contribution in [1.29, 1.82) is 0 Å². The molecule has 5 heteroatoms. The molecule has 0 radical (unpaired) electrons. The molecule has 0 unspecified atom stereocenters. The van der Waals surface area contributed by atoms with Crippen LogP contribution in [0.3, 0.4) is 0 Å². The molecule has 16 heavy (non-hydrogen) atoms. The third kappa shape index (κ3) is 5.07. The van der Waals surface area contributed by atoms with E-state index >= 15 is 0 Å². The molecule has 0 fully saturated rings. The number of aliphatic carboxylic acids is 1. The number of hydrogen-bond donors (Lipinski definition) is 2. The fraction of sp³-hybridized carbons (Fsp3) is 0.727. The number of nitrogens with one attached hydrogen (secondary N) is 1. The first-order chi connectivity index (χ1) is 7.19. The van der Waals surface area contributed by atoms with Crippen molar-refractivity contribution in [1.82, 2.24) is 5.48 Å². The lowest BCUT2D eigenvalue weighted by molar-refractivity contribution is -0.148. The Morgan fingerprint density at radius 2 is 1.88 bits per heavy atom. The molecule has 0 saturated carbocycles. The van der Waals surface area contributed by atoms with E-state index in [2.05, 4.69) is 5.48 Å². The van der Waals surface area contributed by atoms with Crippen molar-refractivity contribution in [2.45, 2.75) is 46.3 Å². The molecule has 0 aliphatic rings.